The summed E-state index contributed by atoms with van der Waals surface area (Å²) in [5, 5.41) is 3.14. The van der Waals surface area contributed by atoms with Crippen molar-refractivity contribution in [1.82, 2.24) is 5.32 Å². The van der Waals surface area contributed by atoms with Crippen molar-refractivity contribution in [2.75, 3.05) is 25.3 Å². The van der Waals surface area contributed by atoms with E-state index in [2.05, 4.69) is 21.2 Å². The second kappa shape index (κ2) is 12.4. The minimum absolute atomic E-state index is 0.0147. The number of halogens is 3. The monoisotopic (exact) mass is 647 g/mol. The number of carbonyl (C=O) groups is 1. The number of nitrogens with zero attached hydrogens (tertiary/aromatic N) is 1. The van der Waals surface area contributed by atoms with E-state index in [1.54, 1.807) is 18.2 Å². The Kier molecular flexibility index (Phi) is 8.85. The molecule has 1 aromatic heterocycles. The highest BCUT2D eigenvalue weighted by Crippen LogP contribution is 2.48. The summed E-state index contributed by atoms with van der Waals surface area (Å²) in [6.45, 7) is -0.0861. The van der Waals surface area contributed by atoms with E-state index in [1.165, 1.54) is 44.5 Å². The molecule has 1 heterocycles. The number of anilines is 1. The van der Waals surface area contributed by atoms with Gasteiger partial charge in [-0.1, -0.05) is 6.07 Å². The highest BCUT2D eigenvalue weighted by molar-refractivity contribution is 9.10. The minimum Gasteiger partial charge on any atom is -0.755 e. The van der Waals surface area contributed by atoms with Crippen LogP contribution >= 0.6 is 15.9 Å². The second-order valence-electron chi connectivity index (χ2n) is 9.63. The molecule has 0 bridgehead atoms. The van der Waals surface area contributed by atoms with Crippen LogP contribution < -0.4 is 9.62 Å². The number of ether oxygens (including phenoxy) is 2. The number of carbonyl (C=O) groups excluding carboxylic acids is 1. The molecule has 4 aromatic rings. The highest BCUT2D eigenvalue weighted by Gasteiger charge is 2.31. The van der Waals surface area contributed by atoms with E-state index in [-0.39, 0.29) is 47.2 Å². The average Bonchev–Trinajstić information content (AvgIpc) is 3.73. The zero-order valence-corrected chi connectivity index (χ0v) is 24.6. The van der Waals surface area contributed by atoms with Crippen LogP contribution in [-0.4, -0.2) is 35.6 Å². The van der Waals surface area contributed by atoms with Gasteiger partial charge in [-0.2, -0.15) is 0 Å². The molecule has 1 N–H and O–H groups in total. The zero-order valence-electron chi connectivity index (χ0n) is 22.2. The average molecular weight is 649 g/mol. The predicted octanol–water partition coefficient (Wildman–Crippen LogP) is 6.30. The van der Waals surface area contributed by atoms with Crippen LogP contribution in [0.2, 0.25) is 0 Å². The van der Waals surface area contributed by atoms with Gasteiger partial charge in [0.15, 0.2) is 0 Å². The van der Waals surface area contributed by atoms with Gasteiger partial charge in [0.1, 0.15) is 29.8 Å². The van der Waals surface area contributed by atoms with Gasteiger partial charge < -0.3 is 23.8 Å². The number of amides is 1. The number of nitrogens with one attached hydrogen (secondary N) is 1. The maximum atomic E-state index is 14.8. The Hall–Kier alpha value is -3.16. The molecule has 0 spiro atoms. The van der Waals surface area contributed by atoms with E-state index in [9.17, 15) is 22.3 Å². The first-order chi connectivity index (χ1) is 19.7. The molecule has 1 amide bonds. The Morgan fingerprint density at radius 3 is 2.56 bits per heavy atom. The van der Waals surface area contributed by atoms with E-state index >= 15 is 0 Å². The summed E-state index contributed by atoms with van der Waals surface area (Å²) in [4.78, 5) is 13.0. The first kappa shape index (κ1) is 29.3. The summed E-state index contributed by atoms with van der Waals surface area (Å²) in [7, 11) is 2.97. The van der Waals surface area contributed by atoms with Crippen molar-refractivity contribution < 1.29 is 36.2 Å². The molecule has 1 fully saturated rings. The highest BCUT2D eigenvalue weighted by atomic mass is 79.9. The zero-order chi connectivity index (χ0) is 29.3. The molecule has 1 saturated carbocycles. The van der Waals surface area contributed by atoms with Crippen molar-refractivity contribution in [3.63, 3.8) is 0 Å². The molecule has 8 nitrogen and oxygen atoms in total. The molecule has 1 atom stereocenters. The maximum Gasteiger partial charge on any atom is 0.255 e. The SMILES string of the molecule is CNC(=O)c1c(-c2ccc(F)cc2)oc2cc(N(Cc3cc(F)c(Br)c(COCOC)c3)S(=O)[O-])c(C3CC3)cc12. The van der Waals surface area contributed by atoms with Crippen molar-refractivity contribution >= 4 is 49.8 Å². The van der Waals surface area contributed by atoms with E-state index in [0.29, 0.717) is 27.8 Å². The Bertz CT molecular complexity index is 1620. The van der Waals surface area contributed by atoms with Crippen molar-refractivity contribution in [2.24, 2.45) is 0 Å². The lowest BCUT2D eigenvalue weighted by Crippen LogP contribution is -2.26. The third kappa shape index (κ3) is 6.21. The molecule has 12 heteroatoms. The maximum absolute atomic E-state index is 14.8. The Morgan fingerprint density at radius 2 is 1.93 bits per heavy atom. The molecule has 1 aliphatic carbocycles. The Balaban J connectivity index is 1.62. The summed E-state index contributed by atoms with van der Waals surface area (Å²) in [6, 6.07) is 11.9. The van der Waals surface area contributed by atoms with Crippen LogP contribution in [-0.2, 0) is 33.9 Å². The largest absolute Gasteiger partial charge is 0.755 e. The first-order valence-electron chi connectivity index (χ1n) is 12.7. The van der Waals surface area contributed by atoms with Crippen molar-refractivity contribution in [3.05, 3.63) is 86.9 Å². The van der Waals surface area contributed by atoms with Crippen LogP contribution in [0.5, 0.6) is 0 Å². The first-order valence-corrected chi connectivity index (χ1v) is 14.5. The van der Waals surface area contributed by atoms with Crippen LogP contribution in [0.4, 0.5) is 14.5 Å². The molecule has 216 valence electrons. The van der Waals surface area contributed by atoms with Crippen LogP contribution in [0.1, 0.15) is 45.8 Å². The number of hydrogen-bond acceptors (Lipinski definition) is 6. The van der Waals surface area contributed by atoms with Crippen LogP contribution in [0.3, 0.4) is 0 Å². The smallest absolute Gasteiger partial charge is 0.255 e. The lowest BCUT2D eigenvalue weighted by molar-refractivity contribution is -0.0393. The van der Waals surface area contributed by atoms with Crippen LogP contribution in [0, 0.1) is 11.6 Å². The van der Waals surface area contributed by atoms with Gasteiger partial charge in [0.2, 0.25) is 0 Å². The normalized spacial score (nSPS) is 13.9. The summed E-state index contributed by atoms with van der Waals surface area (Å²) in [6.07, 6.45) is 1.70. The molecule has 41 heavy (non-hydrogen) atoms. The quantitative estimate of drug-likeness (QED) is 0.116. The molecule has 0 radical (unpaired) electrons. The minimum atomic E-state index is -2.73. The lowest BCUT2D eigenvalue weighted by atomic mass is 10.00. The summed E-state index contributed by atoms with van der Waals surface area (Å²) in [5.41, 5.74) is 3.06. The fourth-order valence-corrected chi connectivity index (χ4v) is 5.68. The number of rotatable bonds is 11. The topological polar surface area (TPSA) is 104 Å². The van der Waals surface area contributed by atoms with Gasteiger partial charge in [-0.05, 0) is 87.8 Å². The lowest BCUT2D eigenvalue weighted by Gasteiger charge is -2.29. The van der Waals surface area contributed by atoms with Gasteiger partial charge in [0.25, 0.3) is 5.91 Å². The Labute approximate surface area is 246 Å². The number of methoxy groups -OCH3 is 1. The summed E-state index contributed by atoms with van der Waals surface area (Å²) in [5.74, 6) is -1.06. The third-order valence-corrected chi connectivity index (χ3v) is 8.39. The summed E-state index contributed by atoms with van der Waals surface area (Å²) >= 11 is 0.491. The fraction of sp³-hybridized carbons (Fsp3) is 0.276. The van der Waals surface area contributed by atoms with Gasteiger partial charge in [-0.15, -0.1) is 0 Å². The van der Waals surface area contributed by atoms with Gasteiger partial charge in [-0.3, -0.25) is 13.3 Å². The van der Waals surface area contributed by atoms with E-state index in [1.807, 2.05) is 0 Å². The third-order valence-electron chi connectivity index (χ3n) is 6.81. The van der Waals surface area contributed by atoms with Gasteiger partial charge in [-0.25, -0.2) is 8.78 Å². The van der Waals surface area contributed by atoms with Crippen molar-refractivity contribution in [1.29, 1.82) is 0 Å². The van der Waals surface area contributed by atoms with Crippen molar-refractivity contribution in [3.8, 4) is 11.3 Å². The van der Waals surface area contributed by atoms with Gasteiger partial charge >= 0.3 is 0 Å². The van der Waals surface area contributed by atoms with E-state index in [0.717, 1.165) is 22.7 Å². The molecule has 0 saturated heterocycles. The number of hydrogen-bond donors (Lipinski definition) is 1. The molecule has 5 rings (SSSR count). The van der Waals surface area contributed by atoms with E-state index < -0.39 is 28.8 Å². The Morgan fingerprint density at radius 1 is 1.20 bits per heavy atom. The molecule has 0 aliphatic heterocycles. The second-order valence-corrected chi connectivity index (χ2v) is 11.3. The summed E-state index contributed by atoms with van der Waals surface area (Å²) < 4.78 is 71.4. The number of benzene rings is 3. The van der Waals surface area contributed by atoms with Crippen LogP contribution in [0.25, 0.3) is 22.3 Å². The van der Waals surface area contributed by atoms with E-state index in [4.69, 9.17) is 13.9 Å². The van der Waals surface area contributed by atoms with Crippen LogP contribution in [0.15, 0.2) is 57.4 Å². The molecule has 1 aliphatic rings. The van der Waals surface area contributed by atoms with Crippen molar-refractivity contribution in [2.45, 2.75) is 31.9 Å². The number of furan rings is 1. The standard InChI is InChI=1S/C29H27BrF2N2O6S/c1-33-29(35)26-22-11-21(17-3-4-17)24(12-25(22)40-28(26)18-5-7-20(31)8-6-18)34(41(36)37)13-16-9-19(14-39-15-38-2)27(30)23(32)10-16/h5-12,17H,3-4,13-15H2,1-2H3,(H,33,35)(H,36,37)/p-1. The van der Waals surface area contributed by atoms with Gasteiger partial charge in [0.05, 0.1) is 28.9 Å². The fourth-order valence-electron chi connectivity index (χ4n) is 4.76. The number of fused-ring (bicyclic) bond motifs is 1. The predicted molar refractivity (Wildman–Crippen MR) is 153 cm³/mol. The molecular weight excluding hydrogens is 622 g/mol. The molecular formula is C29H26BrF2N2O6S-. The molecule has 1 unspecified atom stereocenters. The molecule has 3 aromatic carbocycles. The van der Waals surface area contributed by atoms with Gasteiger partial charge in [0, 0.05) is 42.4 Å².